The number of halogens is 1. The summed E-state index contributed by atoms with van der Waals surface area (Å²) in [5, 5.41) is 2.66. The summed E-state index contributed by atoms with van der Waals surface area (Å²) in [6, 6.07) is 11.2. The lowest BCUT2D eigenvalue weighted by Gasteiger charge is -2.09. The van der Waals surface area contributed by atoms with Crippen LogP contribution in [-0.2, 0) is 0 Å². The van der Waals surface area contributed by atoms with Gasteiger partial charge in [-0.2, -0.15) is 0 Å². The maximum atomic E-state index is 13.3. The summed E-state index contributed by atoms with van der Waals surface area (Å²) >= 11 is 0. The van der Waals surface area contributed by atoms with Crippen LogP contribution in [0, 0.1) is 12.7 Å². The van der Waals surface area contributed by atoms with Gasteiger partial charge in [0.1, 0.15) is 5.82 Å². The number of benzene rings is 2. The monoisotopic (exact) mass is 244 g/mol. The molecule has 0 aliphatic rings. The highest BCUT2D eigenvalue weighted by Gasteiger charge is 2.09. The predicted octanol–water partition coefficient (Wildman–Crippen LogP) is 2.97. The van der Waals surface area contributed by atoms with Gasteiger partial charge in [0.05, 0.1) is 0 Å². The van der Waals surface area contributed by atoms with E-state index >= 15 is 0 Å². The Morgan fingerprint density at radius 3 is 2.67 bits per heavy atom. The molecule has 0 aliphatic heterocycles. The first kappa shape index (κ1) is 12.1. The number of rotatable bonds is 2. The zero-order chi connectivity index (χ0) is 13.1. The van der Waals surface area contributed by atoms with Gasteiger partial charge in [-0.05, 0) is 37.3 Å². The Morgan fingerprint density at radius 2 is 1.94 bits per heavy atom. The normalized spacial score (nSPS) is 10.1. The van der Waals surface area contributed by atoms with E-state index in [4.69, 9.17) is 5.73 Å². The van der Waals surface area contributed by atoms with Gasteiger partial charge in [-0.3, -0.25) is 4.79 Å². The van der Waals surface area contributed by atoms with Gasteiger partial charge in [-0.15, -0.1) is 0 Å². The van der Waals surface area contributed by atoms with E-state index < -0.39 is 0 Å². The van der Waals surface area contributed by atoms with E-state index in [1.165, 1.54) is 6.07 Å². The second kappa shape index (κ2) is 4.87. The lowest BCUT2D eigenvalue weighted by atomic mass is 10.1. The van der Waals surface area contributed by atoms with Crippen molar-refractivity contribution in [2.75, 3.05) is 11.1 Å². The number of amides is 1. The number of nitrogens with two attached hydrogens (primary N) is 1. The van der Waals surface area contributed by atoms with Crippen LogP contribution < -0.4 is 11.1 Å². The molecule has 0 saturated heterocycles. The third-order valence-corrected chi connectivity index (χ3v) is 2.66. The molecule has 3 nitrogen and oxygen atoms in total. The highest BCUT2D eigenvalue weighted by molar-refractivity contribution is 6.05. The molecule has 0 aromatic heterocycles. The van der Waals surface area contributed by atoms with Crippen molar-refractivity contribution in [3.63, 3.8) is 0 Å². The standard InChI is InChI=1S/C14H13FN2O/c1-9-12(15)6-3-7-13(9)17-14(18)10-4-2-5-11(16)8-10/h2-8H,16H2,1H3,(H,17,18). The summed E-state index contributed by atoms with van der Waals surface area (Å²) in [5.41, 5.74) is 7.43. The van der Waals surface area contributed by atoms with Crippen LogP contribution in [0.2, 0.25) is 0 Å². The third-order valence-electron chi connectivity index (χ3n) is 2.66. The molecule has 0 spiro atoms. The molecule has 0 heterocycles. The van der Waals surface area contributed by atoms with Crippen molar-refractivity contribution >= 4 is 17.3 Å². The average Bonchev–Trinajstić information content (AvgIpc) is 2.35. The third kappa shape index (κ3) is 2.48. The Balaban J connectivity index is 2.24. The molecule has 0 unspecified atom stereocenters. The smallest absolute Gasteiger partial charge is 0.255 e. The average molecular weight is 244 g/mol. The summed E-state index contributed by atoms with van der Waals surface area (Å²) in [4.78, 5) is 11.9. The van der Waals surface area contributed by atoms with Crippen molar-refractivity contribution in [2.24, 2.45) is 0 Å². The quantitative estimate of drug-likeness (QED) is 0.798. The summed E-state index contributed by atoms with van der Waals surface area (Å²) in [5.74, 6) is -0.656. The van der Waals surface area contributed by atoms with Crippen LogP contribution in [-0.4, -0.2) is 5.91 Å². The molecule has 0 aliphatic carbocycles. The molecule has 2 aromatic rings. The summed E-state index contributed by atoms with van der Waals surface area (Å²) < 4.78 is 13.3. The maximum absolute atomic E-state index is 13.3. The molecule has 0 saturated carbocycles. The molecule has 0 fully saturated rings. The van der Waals surface area contributed by atoms with Crippen molar-refractivity contribution in [1.29, 1.82) is 0 Å². The Labute approximate surface area is 104 Å². The summed E-state index contributed by atoms with van der Waals surface area (Å²) in [6.07, 6.45) is 0. The molecule has 3 N–H and O–H groups in total. The van der Waals surface area contributed by atoms with Crippen molar-refractivity contribution in [1.82, 2.24) is 0 Å². The Morgan fingerprint density at radius 1 is 1.22 bits per heavy atom. The molecule has 4 heteroatoms. The Kier molecular flexibility index (Phi) is 3.28. The molecular formula is C14H13FN2O. The predicted molar refractivity (Wildman–Crippen MR) is 69.9 cm³/mol. The maximum Gasteiger partial charge on any atom is 0.255 e. The van der Waals surface area contributed by atoms with E-state index in [1.54, 1.807) is 43.3 Å². The highest BCUT2D eigenvalue weighted by atomic mass is 19.1. The van der Waals surface area contributed by atoms with Crippen LogP contribution in [0.4, 0.5) is 15.8 Å². The molecular weight excluding hydrogens is 231 g/mol. The molecule has 0 radical (unpaired) electrons. The van der Waals surface area contributed by atoms with Crippen molar-refractivity contribution in [2.45, 2.75) is 6.92 Å². The van der Waals surface area contributed by atoms with Gasteiger partial charge in [0, 0.05) is 22.5 Å². The van der Waals surface area contributed by atoms with Crippen molar-refractivity contribution < 1.29 is 9.18 Å². The number of hydrogen-bond acceptors (Lipinski definition) is 2. The van der Waals surface area contributed by atoms with E-state index in [0.29, 0.717) is 22.5 Å². The zero-order valence-electron chi connectivity index (χ0n) is 9.91. The minimum absolute atomic E-state index is 0.309. The molecule has 0 bridgehead atoms. The van der Waals surface area contributed by atoms with E-state index in [1.807, 2.05) is 0 Å². The van der Waals surface area contributed by atoms with Crippen LogP contribution >= 0.6 is 0 Å². The molecule has 1 amide bonds. The number of nitrogens with one attached hydrogen (secondary N) is 1. The van der Waals surface area contributed by atoms with Crippen LogP contribution in [0.3, 0.4) is 0 Å². The first-order valence-corrected chi connectivity index (χ1v) is 5.50. The van der Waals surface area contributed by atoms with Crippen LogP contribution in [0.15, 0.2) is 42.5 Å². The number of nitrogen functional groups attached to an aromatic ring is 1. The fraction of sp³-hybridized carbons (Fsp3) is 0.0714. The van der Waals surface area contributed by atoms with Gasteiger partial charge in [0.2, 0.25) is 0 Å². The van der Waals surface area contributed by atoms with Crippen LogP contribution in [0.5, 0.6) is 0 Å². The highest BCUT2D eigenvalue weighted by Crippen LogP contribution is 2.18. The fourth-order valence-electron chi connectivity index (χ4n) is 1.62. The Bertz CT molecular complexity index is 596. The molecule has 0 atom stereocenters. The van der Waals surface area contributed by atoms with Gasteiger partial charge in [-0.1, -0.05) is 12.1 Å². The first-order chi connectivity index (χ1) is 8.58. The lowest BCUT2D eigenvalue weighted by molar-refractivity contribution is 0.102. The van der Waals surface area contributed by atoms with E-state index in [9.17, 15) is 9.18 Å². The van der Waals surface area contributed by atoms with Gasteiger partial charge in [0.15, 0.2) is 0 Å². The Hall–Kier alpha value is -2.36. The lowest BCUT2D eigenvalue weighted by Crippen LogP contribution is -2.13. The number of carbonyl (C=O) groups is 1. The largest absolute Gasteiger partial charge is 0.399 e. The van der Waals surface area contributed by atoms with Crippen LogP contribution in [0.25, 0.3) is 0 Å². The van der Waals surface area contributed by atoms with E-state index in [2.05, 4.69) is 5.32 Å². The van der Waals surface area contributed by atoms with Gasteiger partial charge < -0.3 is 11.1 Å². The summed E-state index contributed by atoms with van der Waals surface area (Å²) in [7, 11) is 0. The number of anilines is 2. The second-order valence-corrected chi connectivity index (χ2v) is 3.99. The molecule has 92 valence electrons. The number of carbonyl (C=O) groups excluding carboxylic acids is 1. The molecule has 18 heavy (non-hydrogen) atoms. The van der Waals surface area contributed by atoms with Crippen molar-refractivity contribution in [3.05, 3.63) is 59.4 Å². The SMILES string of the molecule is Cc1c(F)cccc1NC(=O)c1cccc(N)c1. The minimum atomic E-state index is -0.347. The zero-order valence-corrected chi connectivity index (χ0v) is 9.91. The van der Waals surface area contributed by atoms with Gasteiger partial charge in [-0.25, -0.2) is 4.39 Å². The molecule has 2 aromatic carbocycles. The number of hydrogen-bond donors (Lipinski definition) is 2. The first-order valence-electron chi connectivity index (χ1n) is 5.50. The van der Waals surface area contributed by atoms with Gasteiger partial charge >= 0.3 is 0 Å². The summed E-state index contributed by atoms with van der Waals surface area (Å²) in [6.45, 7) is 1.62. The fourth-order valence-corrected chi connectivity index (χ4v) is 1.62. The van der Waals surface area contributed by atoms with E-state index in [-0.39, 0.29) is 11.7 Å². The van der Waals surface area contributed by atoms with Gasteiger partial charge in [0.25, 0.3) is 5.91 Å². The minimum Gasteiger partial charge on any atom is -0.399 e. The second-order valence-electron chi connectivity index (χ2n) is 3.99. The van der Waals surface area contributed by atoms with Crippen molar-refractivity contribution in [3.8, 4) is 0 Å². The van der Waals surface area contributed by atoms with E-state index in [0.717, 1.165) is 0 Å². The van der Waals surface area contributed by atoms with Crippen LogP contribution in [0.1, 0.15) is 15.9 Å². The molecule has 2 rings (SSSR count). The topological polar surface area (TPSA) is 55.1 Å².